The van der Waals surface area contributed by atoms with E-state index in [4.69, 9.17) is 19.9 Å². The van der Waals surface area contributed by atoms with Crippen LogP contribution in [0.25, 0.3) is 0 Å². The summed E-state index contributed by atoms with van der Waals surface area (Å²) in [6.07, 6.45) is 7.30. The number of hydrogen-bond acceptors (Lipinski definition) is 11. The summed E-state index contributed by atoms with van der Waals surface area (Å²) in [4.78, 5) is 70.3. The fourth-order valence-corrected chi connectivity index (χ4v) is 9.37. The molecule has 16 nitrogen and oxygen atoms in total. The Morgan fingerprint density at radius 1 is 0.929 bits per heavy atom. The maximum atomic E-state index is 14.1. The molecule has 1 aromatic rings. The van der Waals surface area contributed by atoms with Gasteiger partial charge in [0.15, 0.2) is 0 Å². The average molecular weight is 803 g/mol. The molecule has 0 aromatic heterocycles. The fraction of sp³-hybridized carbons (Fsp3) is 0.718. The van der Waals surface area contributed by atoms with Gasteiger partial charge in [-0.05, 0) is 101 Å². The number of likely N-dealkylation sites (tertiary alicyclic amines) is 1. The van der Waals surface area contributed by atoms with Crippen molar-refractivity contribution >= 4 is 39.9 Å². The Morgan fingerprint density at radius 3 is 2.38 bits per heavy atom. The predicted octanol–water partition coefficient (Wildman–Crippen LogP) is 3.16. The summed E-state index contributed by atoms with van der Waals surface area (Å²) in [5.74, 6) is -0.983. The zero-order valence-electron chi connectivity index (χ0n) is 32.6. The van der Waals surface area contributed by atoms with Gasteiger partial charge < -0.3 is 35.1 Å². The zero-order valence-corrected chi connectivity index (χ0v) is 33.4. The SMILES string of the molecule is CN(C)CCOc1ccc2c(c1)CN(C(=O)O[C@@H]1C[C@@H](C(N)=O)N(C(=O)[C@H](CCCCCC[C@@H]3C[C@@H]3C(=O)NS(=O)(=O)C3CC3)NC(=O)OC3CCCC3)C1)C2. The Kier molecular flexibility index (Phi) is 13.7. The van der Waals surface area contributed by atoms with Gasteiger partial charge in [0.2, 0.25) is 27.7 Å². The summed E-state index contributed by atoms with van der Waals surface area (Å²) in [6.45, 7) is 1.96. The van der Waals surface area contributed by atoms with Crippen molar-refractivity contribution in [1.29, 1.82) is 0 Å². The van der Waals surface area contributed by atoms with Crippen LogP contribution in [0.5, 0.6) is 5.75 Å². The number of amides is 5. The fourth-order valence-electron chi connectivity index (χ4n) is 8.01. The number of hydrogen-bond donors (Lipinski definition) is 3. The molecule has 56 heavy (non-hydrogen) atoms. The molecule has 4 N–H and O–H groups in total. The predicted molar refractivity (Wildman–Crippen MR) is 204 cm³/mol. The van der Waals surface area contributed by atoms with Crippen molar-refractivity contribution in [2.45, 2.75) is 133 Å². The highest BCUT2D eigenvalue weighted by molar-refractivity contribution is 7.90. The van der Waals surface area contributed by atoms with Crippen LogP contribution in [0.4, 0.5) is 9.59 Å². The largest absolute Gasteiger partial charge is 0.492 e. The lowest BCUT2D eigenvalue weighted by Crippen LogP contribution is -2.53. The molecule has 3 aliphatic carbocycles. The summed E-state index contributed by atoms with van der Waals surface area (Å²) in [7, 11) is 0.403. The van der Waals surface area contributed by atoms with Crippen LogP contribution in [0.15, 0.2) is 18.2 Å². The standard InChI is InChI=1S/C39H58N6O10S/c1-43(2)17-18-53-29-14-13-26-22-44(23-27(26)19-29)39(50)55-30-21-34(35(40)46)45(24-30)37(48)33(41-38(49)54-28-10-7-8-11-28)12-6-4-3-5-9-25-20-32(25)36(47)42-56(51,52)31-15-16-31/h13-14,19,25,28,30-34H,3-12,15-18,20-24H2,1-2H3,(H2,40,46)(H,41,49)(H,42,47)/t25-,30-,32+,33+,34+/m1/s1. The second kappa shape index (κ2) is 18.4. The molecule has 6 rings (SSSR count). The third-order valence-corrected chi connectivity index (χ3v) is 13.4. The van der Waals surface area contributed by atoms with Gasteiger partial charge >= 0.3 is 12.2 Å². The number of carbonyl (C=O) groups excluding carboxylic acids is 5. The van der Waals surface area contributed by atoms with Gasteiger partial charge in [0.05, 0.1) is 11.8 Å². The summed E-state index contributed by atoms with van der Waals surface area (Å²) in [6, 6.07) is 3.75. The van der Waals surface area contributed by atoms with Gasteiger partial charge in [0.25, 0.3) is 0 Å². The number of carbonyl (C=O) groups is 5. The van der Waals surface area contributed by atoms with Gasteiger partial charge in [-0.15, -0.1) is 0 Å². The van der Waals surface area contributed by atoms with E-state index < -0.39 is 63.4 Å². The molecule has 0 radical (unpaired) electrons. The first-order valence-corrected chi connectivity index (χ1v) is 21.8. The summed E-state index contributed by atoms with van der Waals surface area (Å²) in [5, 5.41) is 2.32. The van der Waals surface area contributed by atoms with Crippen molar-refractivity contribution in [3.8, 4) is 5.75 Å². The van der Waals surface area contributed by atoms with Crippen LogP contribution in [0.2, 0.25) is 0 Å². The lowest BCUT2D eigenvalue weighted by molar-refractivity contribution is -0.139. The second-order valence-corrected chi connectivity index (χ2v) is 18.4. The third-order valence-electron chi connectivity index (χ3n) is 11.6. The van der Waals surface area contributed by atoms with Crippen molar-refractivity contribution < 1.29 is 46.6 Å². The molecule has 310 valence electrons. The van der Waals surface area contributed by atoms with Gasteiger partial charge in [-0.3, -0.25) is 24.0 Å². The van der Waals surface area contributed by atoms with E-state index in [-0.39, 0.29) is 30.9 Å². The molecule has 5 amide bonds. The molecule has 3 saturated carbocycles. The molecule has 0 unspecified atom stereocenters. The number of nitrogens with zero attached hydrogens (tertiary/aromatic N) is 3. The number of primary amides is 1. The molecule has 1 aromatic carbocycles. The first kappa shape index (κ1) is 41.5. The summed E-state index contributed by atoms with van der Waals surface area (Å²) >= 11 is 0. The molecule has 1 saturated heterocycles. The minimum absolute atomic E-state index is 0.0449. The van der Waals surface area contributed by atoms with Crippen LogP contribution < -0.4 is 20.5 Å². The third kappa shape index (κ3) is 11.3. The normalized spacial score (nSPS) is 23.8. The number of ether oxygens (including phenoxy) is 3. The van der Waals surface area contributed by atoms with E-state index in [0.717, 1.165) is 74.8 Å². The minimum Gasteiger partial charge on any atom is -0.492 e. The smallest absolute Gasteiger partial charge is 0.410 e. The number of fused-ring (bicyclic) bond motifs is 1. The first-order chi connectivity index (χ1) is 26.8. The number of benzene rings is 1. The topological polar surface area (TPSA) is 207 Å². The Bertz CT molecular complexity index is 1710. The molecule has 5 atom stereocenters. The number of nitrogens with one attached hydrogen (secondary N) is 2. The molecular formula is C39H58N6O10S. The van der Waals surface area contributed by atoms with Crippen LogP contribution in [0, 0.1) is 11.8 Å². The summed E-state index contributed by atoms with van der Waals surface area (Å²) < 4.78 is 43.8. The van der Waals surface area contributed by atoms with Gasteiger partial charge in [0.1, 0.15) is 36.6 Å². The van der Waals surface area contributed by atoms with Gasteiger partial charge in [-0.25, -0.2) is 18.0 Å². The molecule has 0 spiro atoms. The number of sulfonamides is 1. The molecule has 2 heterocycles. The molecule has 2 aliphatic heterocycles. The monoisotopic (exact) mass is 802 g/mol. The lowest BCUT2D eigenvalue weighted by atomic mass is 10.0. The van der Waals surface area contributed by atoms with Gasteiger partial charge in [-0.2, -0.15) is 0 Å². The van der Waals surface area contributed by atoms with Crippen LogP contribution >= 0.6 is 0 Å². The molecule has 4 fully saturated rings. The van der Waals surface area contributed by atoms with Crippen LogP contribution in [0.3, 0.4) is 0 Å². The number of nitrogens with two attached hydrogens (primary N) is 1. The van der Waals surface area contributed by atoms with Crippen molar-refractivity contribution in [1.82, 2.24) is 24.7 Å². The van der Waals surface area contributed by atoms with E-state index in [0.29, 0.717) is 51.8 Å². The number of rotatable bonds is 19. The zero-order chi connectivity index (χ0) is 40.0. The van der Waals surface area contributed by atoms with E-state index in [1.54, 1.807) is 4.90 Å². The summed E-state index contributed by atoms with van der Waals surface area (Å²) in [5.41, 5.74) is 7.71. The molecule has 0 bridgehead atoms. The average Bonchev–Trinajstić information content (AvgIpc) is 3.99. The highest BCUT2D eigenvalue weighted by atomic mass is 32.2. The molecule has 17 heteroatoms. The molecule has 5 aliphatic rings. The van der Waals surface area contributed by atoms with Crippen molar-refractivity contribution in [3.05, 3.63) is 29.3 Å². The maximum Gasteiger partial charge on any atom is 0.410 e. The van der Waals surface area contributed by atoms with Crippen LogP contribution in [-0.4, -0.2) is 116 Å². The number of likely N-dealkylation sites (N-methyl/N-ethyl adjacent to an activating group) is 1. The van der Waals surface area contributed by atoms with Gasteiger partial charge in [0, 0.05) is 32.0 Å². The Hall–Kier alpha value is -4.12. The highest BCUT2D eigenvalue weighted by Crippen LogP contribution is 2.43. The van der Waals surface area contributed by atoms with Gasteiger partial charge in [-0.1, -0.05) is 31.7 Å². The highest BCUT2D eigenvalue weighted by Gasteiger charge is 2.46. The lowest BCUT2D eigenvalue weighted by Gasteiger charge is -2.28. The van der Waals surface area contributed by atoms with E-state index in [9.17, 15) is 32.4 Å². The second-order valence-electron chi connectivity index (χ2n) is 16.4. The Balaban J connectivity index is 0.986. The minimum atomic E-state index is -3.54. The van der Waals surface area contributed by atoms with E-state index in [1.165, 1.54) is 4.90 Å². The Labute approximate surface area is 329 Å². The van der Waals surface area contributed by atoms with Crippen molar-refractivity contribution in [3.63, 3.8) is 0 Å². The van der Waals surface area contributed by atoms with E-state index in [1.807, 2.05) is 37.2 Å². The molecular weight excluding hydrogens is 745 g/mol. The van der Waals surface area contributed by atoms with Crippen LogP contribution in [0.1, 0.15) is 101 Å². The Morgan fingerprint density at radius 2 is 1.66 bits per heavy atom. The maximum absolute atomic E-state index is 14.1. The quantitative estimate of drug-likeness (QED) is 0.173. The van der Waals surface area contributed by atoms with Crippen molar-refractivity contribution in [2.75, 3.05) is 33.8 Å². The first-order valence-electron chi connectivity index (χ1n) is 20.2. The van der Waals surface area contributed by atoms with E-state index >= 15 is 0 Å². The van der Waals surface area contributed by atoms with Crippen LogP contribution in [-0.2, 0) is 47.0 Å². The van der Waals surface area contributed by atoms with E-state index in [2.05, 4.69) is 10.0 Å². The number of alkyl carbamates (subject to hydrolysis) is 1. The van der Waals surface area contributed by atoms with Crippen molar-refractivity contribution in [2.24, 2.45) is 17.6 Å². The number of unbranched alkanes of at least 4 members (excludes halogenated alkanes) is 3.